The topological polar surface area (TPSA) is 41.5 Å². The fourth-order valence-corrected chi connectivity index (χ4v) is 1.57. The maximum Gasteiger partial charge on any atom is 0.119 e. The van der Waals surface area contributed by atoms with E-state index in [0.717, 1.165) is 24.3 Å². The van der Waals surface area contributed by atoms with Gasteiger partial charge in [0.25, 0.3) is 0 Å². The smallest absolute Gasteiger partial charge is 0.119 e. The number of ether oxygens (including phenoxy) is 1. The molecule has 2 N–H and O–H groups in total. The Bertz CT molecular complexity index is 284. The zero-order chi connectivity index (χ0) is 11.8. The van der Waals surface area contributed by atoms with Gasteiger partial charge in [-0.2, -0.15) is 0 Å². The Morgan fingerprint density at radius 1 is 1.31 bits per heavy atom. The molecule has 0 aliphatic heterocycles. The summed E-state index contributed by atoms with van der Waals surface area (Å²) in [6.07, 6.45) is 1.81. The molecule has 1 rings (SSSR count). The van der Waals surface area contributed by atoms with Gasteiger partial charge in [-0.3, -0.25) is 0 Å². The van der Waals surface area contributed by atoms with Gasteiger partial charge in [0.2, 0.25) is 0 Å². The Balaban J connectivity index is 2.41. The fourth-order valence-electron chi connectivity index (χ4n) is 1.57. The number of benzene rings is 1. The van der Waals surface area contributed by atoms with Crippen molar-refractivity contribution in [2.75, 3.05) is 18.5 Å². The molecular weight excluding hydrogens is 202 g/mol. The van der Waals surface area contributed by atoms with Gasteiger partial charge < -0.3 is 15.2 Å². The largest absolute Gasteiger partial charge is 0.494 e. The SMILES string of the molecule is CCOc1ccc(NC(C)CCCO)cc1. The highest BCUT2D eigenvalue weighted by Gasteiger charge is 2.01. The maximum absolute atomic E-state index is 8.73. The van der Waals surface area contributed by atoms with Crippen LogP contribution in [0.15, 0.2) is 24.3 Å². The highest BCUT2D eigenvalue weighted by molar-refractivity contribution is 5.46. The Labute approximate surface area is 97.4 Å². The van der Waals surface area contributed by atoms with E-state index in [4.69, 9.17) is 9.84 Å². The molecule has 3 nitrogen and oxygen atoms in total. The van der Waals surface area contributed by atoms with Crippen molar-refractivity contribution in [2.45, 2.75) is 32.7 Å². The third-order valence-electron chi connectivity index (χ3n) is 2.37. The Morgan fingerprint density at radius 3 is 2.56 bits per heavy atom. The highest BCUT2D eigenvalue weighted by Crippen LogP contribution is 2.17. The molecule has 0 aromatic heterocycles. The van der Waals surface area contributed by atoms with Crippen LogP contribution in [0.2, 0.25) is 0 Å². The summed E-state index contributed by atoms with van der Waals surface area (Å²) in [4.78, 5) is 0. The summed E-state index contributed by atoms with van der Waals surface area (Å²) in [7, 11) is 0. The van der Waals surface area contributed by atoms with Crippen molar-refractivity contribution in [3.8, 4) is 5.75 Å². The summed E-state index contributed by atoms with van der Waals surface area (Å²) >= 11 is 0. The molecule has 1 unspecified atom stereocenters. The number of hydrogen-bond donors (Lipinski definition) is 2. The zero-order valence-corrected chi connectivity index (χ0v) is 10.1. The Hall–Kier alpha value is -1.22. The monoisotopic (exact) mass is 223 g/mol. The van der Waals surface area contributed by atoms with Crippen molar-refractivity contribution < 1.29 is 9.84 Å². The Kier molecular flexibility index (Phi) is 5.72. The molecule has 0 fully saturated rings. The molecule has 1 atom stereocenters. The van der Waals surface area contributed by atoms with E-state index in [0.29, 0.717) is 12.6 Å². The van der Waals surface area contributed by atoms with E-state index in [9.17, 15) is 0 Å². The van der Waals surface area contributed by atoms with Gasteiger partial charge in [0.05, 0.1) is 6.61 Å². The number of nitrogens with one attached hydrogen (secondary N) is 1. The highest BCUT2D eigenvalue weighted by atomic mass is 16.5. The van der Waals surface area contributed by atoms with E-state index >= 15 is 0 Å². The minimum atomic E-state index is 0.259. The normalized spacial score (nSPS) is 12.2. The van der Waals surface area contributed by atoms with Gasteiger partial charge in [0.1, 0.15) is 5.75 Å². The van der Waals surface area contributed by atoms with E-state index < -0.39 is 0 Å². The summed E-state index contributed by atoms with van der Waals surface area (Å²) in [6.45, 7) is 5.05. The summed E-state index contributed by atoms with van der Waals surface area (Å²) < 4.78 is 5.37. The minimum Gasteiger partial charge on any atom is -0.494 e. The third-order valence-corrected chi connectivity index (χ3v) is 2.37. The van der Waals surface area contributed by atoms with E-state index in [1.54, 1.807) is 0 Å². The lowest BCUT2D eigenvalue weighted by Crippen LogP contribution is -2.15. The second kappa shape index (κ2) is 7.12. The van der Waals surface area contributed by atoms with Gasteiger partial charge in [0, 0.05) is 18.3 Å². The summed E-state index contributed by atoms with van der Waals surface area (Å²) in [5.41, 5.74) is 1.09. The zero-order valence-electron chi connectivity index (χ0n) is 10.1. The van der Waals surface area contributed by atoms with Gasteiger partial charge in [-0.1, -0.05) is 0 Å². The lowest BCUT2D eigenvalue weighted by atomic mass is 10.2. The second-order valence-corrected chi connectivity index (χ2v) is 3.87. The standard InChI is InChI=1S/C13H21NO2/c1-3-16-13-8-6-12(7-9-13)14-11(2)5-4-10-15/h6-9,11,14-15H,3-5,10H2,1-2H3. The maximum atomic E-state index is 8.73. The predicted octanol–water partition coefficient (Wildman–Crippen LogP) is 2.66. The van der Waals surface area contributed by atoms with Crippen molar-refractivity contribution >= 4 is 5.69 Å². The van der Waals surface area contributed by atoms with Crippen LogP contribution in [0.1, 0.15) is 26.7 Å². The van der Waals surface area contributed by atoms with Crippen LogP contribution >= 0.6 is 0 Å². The van der Waals surface area contributed by atoms with Gasteiger partial charge >= 0.3 is 0 Å². The molecule has 0 bridgehead atoms. The van der Waals surface area contributed by atoms with Crippen LogP contribution in [0.3, 0.4) is 0 Å². The first-order valence-electron chi connectivity index (χ1n) is 5.86. The summed E-state index contributed by atoms with van der Waals surface area (Å²) in [5.74, 6) is 0.899. The van der Waals surface area contributed by atoms with Gasteiger partial charge in [-0.05, 0) is 51.0 Å². The molecule has 3 heteroatoms. The average Bonchev–Trinajstić information content (AvgIpc) is 2.29. The molecule has 0 saturated heterocycles. The molecule has 16 heavy (non-hydrogen) atoms. The molecule has 0 radical (unpaired) electrons. The van der Waals surface area contributed by atoms with Crippen LogP contribution in [-0.2, 0) is 0 Å². The molecule has 90 valence electrons. The molecule has 0 heterocycles. The van der Waals surface area contributed by atoms with Crippen molar-refractivity contribution in [1.29, 1.82) is 0 Å². The van der Waals surface area contributed by atoms with Crippen molar-refractivity contribution in [3.05, 3.63) is 24.3 Å². The van der Waals surface area contributed by atoms with Crippen molar-refractivity contribution in [1.82, 2.24) is 0 Å². The number of rotatable bonds is 7. The molecule has 0 aliphatic carbocycles. The quantitative estimate of drug-likeness (QED) is 0.746. The number of anilines is 1. The van der Waals surface area contributed by atoms with E-state index in [1.807, 2.05) is 31.2 Å². The molecule has 0 amide bonds. The fraction of sp³-hybridized carbons (Fsp3) is 0.538. The van der Waals surface area contributed by atoms with Crippen molar-refractivity contribution in [3.63, 3.8) is 0 Å². The first-order valence-corrected chi connectivity index (χ1v) is 5.86. The lowest BCUT2D eigenvalue weighted by molar-refractivity contribution is 0.282. The van der Waals surface area contributed by atoms with E-state index in [2.05, 4.69) is 12.2 Å². The predicted molar refractivity (Wildman–Crippen MR) is 67.0 cm³/mol. The van der Waals surface area contributed by atoms with Crippen LogP contribution in [0, 0.1) is 0 Å². The van der Waals surface area contributed by atoms with Crippen molar-refractivity contribution in [2.24, 2.45) is 0 Å². The van der Waals surface area contributed by atoms with Crippen LogP contribution in [0.25, 0.3) is 0 Å². The minimum absolute atomic E-state index is 0.259. The molecule has 0 saturated carbocycles. The first-order chi connectivity index (χ1) is 7.76. The molecule has 0 aliphatic rings. The molecular formula is C13H21NO2. The Morgan fingerprint density at radius 2 is 2.00 bits per heavy atom. The number of aliphatic hydroxyl groups excluding tert-OH is 1. The third kappa shape index (κ3) is 4.53. The lowest BCUT2D eigenvalue weighted by Gasteiger charge is -2.14. The summed E-state index contributed by atoms with van der Waals surface area (Å²) in [5, 5.41) is 12.1. The van der Waals surface area contributed by atoms with Crippen LogP contribution in [-0.4, -0.2) is 24.4 Å². The van der Waals surface area contributed by atoms with Crippen LogP contribution < -0.4 is 10.1 Å². The number of hydrogen-bond acceptors (Lipinski definition) is 3. The first kappa shape index (κ1) is 12.8. The van der Waals surface area contributed by atoms with Crippen LogP contribution in [0.4, 0.5) is 5.69 Å². The number of aliphatic hydroxyl groups is 1. The van der Waals surface area contributed by atoms with Gasteiger partial charge in [0.15, 0.2) is 0 Å². The van der Waals surface area contributed by atoms with Gasteiger partial charge in [-0.25, -0.2) is 0 Å². The van der Waals surface area contributed by atoms with Crippen LogP contribution in [0.5, 0.6) is 5.75 Å². The van der Waals surface area contributed by atoms with Gasteiger partial charge in [-0.15, -0.1) is 0 Å². The second-order valence-electron chi connectivity index (χ2n) is 3.87. The van der Waals surface area contributed by atoms with E-state index in [1.165, 1.54) is 0 Å². The average molecular weight is 223 g/mol. The molecule has 1 aromatic rings. The molecule has 1 aromatic carbocycles. The summed E-state index contributed by atoms with van der Waals surface area (Å²) in [6, 6.07) is 8.33. The molecule has 0 spiro atoms. The van der Waals surface area contributed by atoms with E-state index in [-0.39, 0.29) is 6.61 Å².